The van der Waals surface area contributed by atoms with Gasteiger partial charge < -0.3 is 5.32 Å². The summed E-state index contributed by atoms with van der Waals surface area (Å²) < 4.78 is 0. The first kappa shape index (κ1) is 17.0. The summed E-state index contributed by atoms with van der Waals surface area (Å²) in [4.78, 5) is 26.7. The lowest BCUT2D eigenvalue weighted by Gasteiger charge is -2.26. The molecule has 3 aromatic carbocycles. The average molecular weight is 356 g/mol. The van der Waals surface area contributed by atoms with Crippen LogP contribution in [0.5, 0.6) is 0 Å². The molecule has 4 heteroatoms. The van der Waals surface area contributed by atoms with Gasteiger partial charge >= 0.3 is 0 Å². The van der Waals surface area contributed by atoms with E-state index in [-0.39, 0.29) is 17.9 Å². The van der Waals surface area contributed by atoms with Crippen molar-refractivity contribution in [1.29, 1.82) is 0 Å². The van der Waals surface area contributed by atoms with Crippen molar-refractivity contribution in [1.82, 2.24) is 5.32 Å². The Morgan fingerprint density at radius 3 is 2.48 bits per heavy atom. The zero-order chi connectivity index (χ0) is 18.8. The van der Waals surface area contributed by atoms with E-state index >= 15 is 0 Å². The maximum absolute atomic E-state index is 12.9. The van der Waals surface area contributed by atoms with Crippen LogP contribution >= 0.6 is 0 Å². The Morgan fingerprint density at radius 2 is 1.67 bits per heavy atom. The number of hydrogen-bond donors (Lipinski definition) is 1. The number of nitrogens with one attached hydrogen (secondary N) is 1. The van der Waals surface area contributed by atoms with Gasteiger partial charge in [0.2, 0.25) is 5.91 Å². The van der Waals surface area contributed by atoms with Crippen molar-refractivity contribution in [3.8, 4) is 0 Å². The van der Waals surface area contributed by atoms with E-state index in [0.29, 0.717) is 5.69 Å². The number of fused-ring (bicyclic) bond motifs is 1. The minimum Gasteiger partial charge on any atom is -0.347 e. The molecule has 0 aromatic heterocycles. The summed E-state index contributed by atoms with van der Waals surface area (Å²) in [6, 6.07) is 22.6. The van der Waals surface area contributed by atoms with Gasteiger partial charge in [-0.1, -0.05) is 60.7 Å². The Morgan fingerprint density at radius 1 is 0.963 bits per heavy atom. The van der Waals surface area contributed by atoms with Gasteiger partial charge in [0, 0.05) is 11.8 Å². The molecule has 27 heavy (non-hydrogen) atoms. The molecular formula is C23H20N2O2. The van der Waals surface area contributed by atoms with Crippen molar-refractivity contribution in [2.45, 2.75) is 19.0 Å². The molecule has 2 atom stereocenters. The lowest BCUT2D eigenvalue weighted by Crippen LogP contribution is -2.46. The van der Waals surface area contributed by atoms with Crippen LogP contribution in [-0.2, 0) is 9.59 Å². The number of benzene rings is 3. The Balaban J connectivity index is 1.58. The first-order chi connectivity index (χ1) is 13.1. The third-order valence-electron chi connectivity index (χ3n) is 4.89. The molecule has 2 amide bonds. The predicted octanol–water partition coefficient (Wildman–Crippen LogP) is 3.99. The zero-order valence-electron chi connectivity index (χ0n) is 15.0. The number of anilines is 1. The monoisotopic (exact) mass is 356 g/mol. The summed E-state index contributed by atoms with van der Waals surface area (Å²) >= 11 is 0. The zero-order valence-corrected chi connectivity index (χ0v) is 15.0. The van der Waals surface area contributed by atoms with Crippen LogP contribution < -0.4 is 10.2 Å². The largest absolute Gasteiger partial charge is 0.347 e. The number of para-hydroxylation sites is 1. The highest BCUT2D eigenvalue weighted by Gasteiger charge is 2.33. The number of rotatable bonds is 4. The SMILES string of the molecule is C[C@@H](NC(=O)C1C=CC(=O)N1c1ccccc1)c1cccc2ccccc12. The molecular weight excluding hydrogens is 336 g/mol. The first-order valence-electron chi connectivity index (χ1n) is 8.99. The molecule has 1 aliphatic heterocycles. The normalized spacial score (nSPS) is 17.3. The second-order valence-corrected chi connectivity index (χ2v) is 6.65. The van der Waals surface area contributed by atoms with Gasteiger partial charge in [0.05, 0.1) is 6.04 Å². The number of hydrogen-bond acceptors (Lipinski definition) is 2. The molecule has 1 aliphatic rings. The minimum atomic E-state index is -0.641. The van der Waals surface area contributed by atoms with Crippen molar-refractivity contribution in [3.05, 3.63) is 90.5 Å². The van der Waals surface area contributed by atoms with Crippen LogP contribution in [0.1, 0.15) is 18.5 Å². The summed E-state index contributed by atoms with van der Waals surface area (Å²) in [5.74, 6) is -0.374. The van der Waals surface area contributed by atoms with Crippen LogP contribution in [0, 0.1) is 0 Å². The van der Waals surface area contributed by atoms with Gasteiger partial charge in [-0.05, 0) is 41.5 Å². The van der Waals surface area contributed by atoms with Gasteiger partial charge in [0.1, 0.15) is 6.04 Å². The summed E-state index contributed by atoms with van der Waals surface area (Å²) in [6.07, 6.45) is 3.11. The van der Waals surface area contributed by atoms with Gasteiger partial charge in [-0.3, -0.25) is 14.5 Å². The van der Waals surface area contributed by atoms with E-state index in [0.717, 1.165) is 16.3 Å². The van der Waals surface area contributed by atoms with Crippen LogP contribution in [0.2, 0.25) is 0 Å². The van der Waals surface area contributed by atoms with E-state index in [1.54, 1.807) is 6.08 Å². The quantitative estimate of drug-likeness (QED) is 0.768. The van der Waals surface area contributed by atoms with Crippen LogP contribution in [0.4, 0.5) is 5.69 Å². The van der Waals surface area contributed by atoms with E-state index in [2.05, 4.69) is 23.5 Å². The Bertz CT molecular complexity index is 1020. The molecule has 0 fully saturated rings. The fourth-order valence-corrected chi connectivity index (χ4v) is 3.56. The van der Waals surface area contributed by atoms with Crippen molar-refractivity contribution in [3.63, 3.8) is 0 Å². The Hall–Kier alpha value is -3.40. The third kappa shape index (κ3) is 3.22. The highest BCUT2D eigenvalue weighted by atomic mass is 16.2. The molecule has 1 heterocycles. The van der Waals surface area contributed by atoms with Crippen LogP contribution in [-0.4, -0.2) is 17.9 Å². The number of carbonyl (C=O) groups excluding carboxylic acids is 2. The average Bonchev–Trinajstić information content (AvgIpc) is 3.09. The molecule has 0 radical (unpaired) electrons. The molecule has 134 valence electrons. The van der Waals surface area contributed by atoms with Crippen LogP contribution in [0.3, 0.4) is 0 Å². The van der Waals surface area contributed by atoms with E-state index in [9.17, 15) is 9.59 Å². The summed E-state index contributed by atoms with van der Waals surface area (Å²) in [5.41, 5.74) is 1.77. The fraction of sp³-hybridized carbons (Fsp3) is 0.130. The fourth-order valence-electron chi connectivity index (χ4n) is 3.56. The van der Waals surface area contributed by atoms with E-state index in [1.807, 2.05) is 61.5 Å². The molecule has 0 spiro atoms. The molecule has 0 saturated carbocycles. The highest BCUT2D eigenvalue weighted by Crippen LogP contribution is 2.26. The highest BCUT2D eigenvalue weighted by molar-refractivity contribution is 6.11. The van der Waals surface area contributed by atoms with Gasteiger partial charge in [0.25, 0.3) is 5.91 Å². The lowest BCUT2D eigenvalue weighted by molar-refractivity contribution is -0.123. The predicted molar refractivity (Wildman–Crippen MR) is 107 cm³/mol. The molecule has 0 aliphatic carbocycles. The second-order valence-electron chi connectivity index (χ2n) is 6.65. The standard InChI is InChI=1S/C23H20N2O2/c1-16(19-13-7-9-17-8-5-6-12-20(17)19)24-23(27)21-14-15-22(26)25(21)18-10-3-2-4-11-18/h2-16,21H,1H3,(H,24,27)/t16-,21?/m1/s1. The topological polar surface area (TPSA) is 49.4 Å². The Kier molecular flexibility index (Phi) is 4.47. The van der Waals surface area contributed by atoms with Crippen LogP contribution in [0.15, 0.2) is 84.9 Å². The second kappa shape index (κ2) is 7.08. The molecule has 3 aromatic rings. The first-order valence-corrected chi connectivity index (χ1v) is 8.99. The number of amides is 2. The summed E-state index contributed by atoms with van der Waals surface area (Å²) in [6.45, 7) is 1.97. The van der Waals surface area contributed by atoms with Crippen molar-refractivity contribution in [2.75, 3.05) is 4.90 Å². The smallest absolute Gasteiger partial charge is 0.251 e. The summed E-state index contributed by atoms with van der Waals surface area (Å²) in [5, 5.41) is 5.32. The molecule has 4 rings (SSSR count). The molecule has 0 bridgehead atoms. The van der Waals surface area contributed by atoms with Gasteiger partial charge in [-0.25, -0.2) is 0 Å². The molecule has 1 unspecified atom stereocenters. The maximum atomic E-state index is 12.9. The lowest BCUT2D eigenvalue weighted by atomic mass is 9.99. The molecule has 1 N–H and O–H groups in total. The number of nitrogens with zero attached hydrogens (tertiary/aromatic N) is 1. The third-order valence-corrected chi connectivity index (χ3v) is 4.89. The van der Waals surface area contributed by atoms with E-state index in [1.165, 1.54) is 11.0 Å². The van der Waals surface area contributed by atoms with Crippen LogP contribution in [0.25, 0.3) is 10.8 Å². The summed E-state index contributed by atoms with van der Waals surface area (Å²) in [7, 11) is 0. The van der Waals surface area contributed by atoms with E-state index < -0.39 is 6.04 Å². The minimum absolute atomic E-state index is 0.176. The van der Waals surface area contributed by atoms with Gasteiger partial charge in [-0.15, -0.1) is 0 Å². The Labute approximate surface area is 158 Å². The number of carbonyl (C=O) groups is 2. The molecule has 4 nitrogen and oxygen atoms in total. The van der Waals surface area contributed by atoms with Gasteiger partial charge in [0.15, 0.2) is 0 Å². The van der Waals surface area contributed by atoms with Crippen molar-refractivity contribution >= 4 is 28.3 Å². The molecule has 0 saturated heterocycles. The maximum Gasteiger partial charge on any atom is 0.251 e. The van der Waals surface area contributed by atoms with Gasteiger partial charge in [-0.2, -0.15) is 0 Å². The van der Waals surface area contributed by atoms with Crippen molar-refractivity contribution < 1.29 is 9.59 Å². The van der Waals surface area contributed by atoms with Crippen molar-refractivity contribution in [2.24, 2.45) is 0 Å². The van der Waals surface area contributed by atoms with E-state index in [4.69, 9.17) is 0 Å².